The highest BCUT2D eigenvalue weighted by molar-refractivity contribution is 7.93. The Morgan fingerprint density at radius 2 is 2.06 bits per heavy atom. The molecule has 0 bridgehead atoms. The van der Waals surface area contributed by atoms with E-state index in [1.807, 2.05) is 0 Å². The maximum Gasteiger partial charge on any atom is 0.237 e. The van der Waals surface area contributed by atoms with Gasteiger partial charge in [-0.15, -0.1) is 11.3 Å². The minimum absolute atomic E-state index is 0.243. The Balaban J connectivity index is 1.51. The molecule has 0 saturated heterocycles. The lowest BCUT2D eigenvalue weighted by Crippen LogP contribution is -2.35. The lowest BCUT2D eigenvalue weighted by molar-refractivity contribution is -0.120. The standard InChI is InChI=1S/C21H20N6O3S2/c1-21(2,18-12-31-20(26-18)27-32(29,30)15-4-5-15)19(28)25-14-3-6-16(13(9-14)10-22)17-11-23-7-8-24-17/h3,6-9,11-12,15H,4-5H2,1-2H3,(H,25,28)(H,26,27). The van der Waals surface area contributed by atoms with Crippen LogP contribution in [0.1, 0.15) is 37.9 Å². The first kappa shape index (κ1) is 21.9. The Kier molecular flexibility index (Phi) is 5.66. The van der Waals surface area contributed by atoms with Gasteiger partial charge in [0.25, 0.3) is 0 Å². The van der Waals surface area contributed by atoms with E-state index in [0.29, 0.717) is 41.0 Å². The molecule has 0 aliphatic heterocycles. The number of sulfonamides is 1. The number of amides is 1. The van der Waals surface area contributed by atoms with Gasteiger partial charge in [0, 0.05) is 29.0 Å². The number of nitrogens with one attached hydrogen (secondary N) is 2. The molecule has 2 aromatic heterocycles. The average Bonchev–Trinajstić information content (AvgIpc) is 3.54. The first-order chi connectivity index (χ1) is 15.2. The zero-order chi connectivity index (χ0) is 22.9. The highest BCUT2D eigenvalue weighted by Gasteiger charge is 2.37. The summed E-state index contributed by atoms with van der Waals surface area (Å²) in [6.45, 7) is 3.41. The molecular formula is C21H20N6O3S2. The molecule has 1 aliphatic rings. The first-order valence-corrected chi connectivity index (χ1v) is 12.2. The number of nitrogens with zero attached hydrogens (tertiary/aromatic N) is 4. The smallest absolute Gasteiger partial charge is 0.237 e. The number of anilines is 2. The first-order valence-electron chi connectivity index (χ1n) is 9.80. The fraction of sp³-hybridized carbons (Fsp3) is 0.286. The van der Waals surface area contributed by atoms with E-state index < -0.39 is 15.4 Å². The van der Waals surface area contributed by atoms with Crippen molar-refractivity contribution in [2.24, 2.45) is 0 Å². The van der Waals surface area contributed by atoms with E-state index in [9.17, 15) is 18.5 Å². The Morgan fingerprint density at radius 1 is 1.28 bits per heavy atom. The Labute approximate surface area is 189 Å². The molecule has 3 aromatic rings. The average molecular weight is 469 g/mol. The molecule has 1 saturated carbocycles. The number of carbonyl (C=O) groups is 1. The zero-order valence-corrected chi connectivity index (χ0v) is 19.0. The number of thiazole rings is 1. The third-order valence-electron chi connectivity index (χ3n) is 5.14. The summed E-state index contributed by atoms with van der Waals surface area (Å²) in [6, 6.07) is 7.10. The van der Waals surface area contributed by atoms with E-state index >= 15 is 0 Å². The van der Waals surface area contributed by atoms with Crippen LogP contribution in [0.3, 0.4) is 0 Å². The second kappa shape index (κ2) is 8.29. The molecule has 0 radical (unpaired) electrons. The fourth-order valence-electron chi connectivity index (χ4n) is 2.97. The lowest BCUT2D eigenvalue weighted by atomic mass is 9.89. The molecule has 2 N–H and O–H groups in total. The van der Waals surface area contributed by atoms with Crippen LogP contribution in [0.15, 0.2) is 42.2 Å². The van der Waals surface area contributed by atoms with Gasteiger partial charge in [-0.3, -0.25) is 19.5 Å². The van der Waals surface area contributed by atoms with Gasteiger partial charge in [0.15, 0.2) is 5.13 Å². The van der Waals surface area contributed by atoms with Crippen molar-refractivity contribution in [3.8, 4) is 17.3 Å². The van der Waals surface area contributed by atoms with Crippen molar-refractivity contribution < 1.29 is 13.2 Å². The van der Waals surface area contributed by atoms with E-state index in [0.717, 1.165) is 11.3 Å². The van der Waals surface area contributed by atoms with Gasteiger partial charge in [-0.2, -0.15) is 5.26 Å². The Hall–Kier alpha value is -3.36. The van der Waals surface area contributed by atoms with Crippen LogP contribution in [0.5, 0.6) is 0 Å². The normalized spacial score (nSPS) is 13.9. The highest BCUT2D eigenvalue weighted by atomic mass is 32.2. The Bertz CT molecular complexity index is 1310. The number of hydrogen-bond acceptors (Lipinski definition) is 8. The topological polar surface area (TPSA) is 138 Å². The second-order valence-electron chi connectivity index (χ2n) is 7.93. The summed E-state index contributed by atoms with van der Waals surface area (Å²) in [6.07, 6.45) is 5.97. The minimum atomic E-state index is -3.42. The molecule has 11 heteroatoms. The summed E-state index contributed by atoms with van der Waals surface area (Å²) in [4.78, 5) is 25.6. The molecule has 2 heterocycles. The SMILES string of the molecule is CC(C)(C(=O)Nc1ccc(-c2cnccn2)c(C#N)c1)c1csc(NS(=O)(=O)C2CC2)n1. The third-order valence-corrected chi connectivity index (χ3v) is 7.86. The summed E-state index contributed by atoms with van der Waals surface area (Å²) < 4.78 is 26.8. The summed E-state index contributed by atoms with van der Waals surface area (Å²) in [5.41, 5.74) is 1.40. The van der Waals surface area contributed by atoms with Gasteiger partial charge in [-0.25, -0.2) is 13.4 Å². The summed E-state index contributed by atoms with van der Waals surface area (Å²) in [5.74, 6) is -0.337. The van der Waals surface area contributed by atoms with Crippen molar-refractivity contribution in [2.75, 3.05) is 10.0 Å². The molecule has 1 fully saturated rings. The summed E-state index contributed by atoms with van der Waals surface area (Å²) >= 11 is 1.14. The van der Waals surface area contributed by atoms with Gasteiger partial charge in [0.05, 0.1) is 39.9 Å². The number of benzene rings is 1. The summed E-state index contributed by atoms with van der Waals surface area (Å²) in [5, 5.41) is 13.9. The van der Waals surface area contributed by atoms with Crippen LogP contribution in [0.2, 0.25) is 0 Å². The molecule has 1 aliphatic carbocycles. The number of aromatic nitrogens is 3. The highest BCUT2D eigenvalue weighted by Crippen LogP contribution is 2.33. The van der Waals surface area contributed by atoms with Gasteiger partial charge in [-0.05, 0) is 44.9 Å². The predicted molar refractivity (Wildman–Crippen MR) is 122 cm³/mol. The number of nitriles is 1. The van der Waals surface area contributed by atoms with E-state index in [-0.39, 0.29) is 16.3 Å². The molecular weight excluding hydrogens is 448 g/mol. The molecule has 1 amide bonds. The van der Waals surface area contributed by atoms with E-state index in [1.54, 1.807) is 56.0 Å². The lowest BCUT2D eigenvalue weighted by Gasteiger charge is -2.21. The van der Waals surface area contributed by atoms with Crippen molar-refractivity contribution in [1.29, 1.82) is 5.26 Å². The van der Waals surface area contributed by atoms with Crippen LogP contribution in [0.25, 0.3) is 11.3 Å². The molecule has 0 atom stereocenters. The molecule has 1 aromatic carbocycles. The number of hydrogen-bond donors (Lipinski definition) is 2. The zero-order valence-electron chi connectivity index (χ0n) is 17.4. The van der Waals surface area contributed by atoms with Crippen molar-refractivity contribution in [3.05, 3.63) is 53.4 Å². The van der Waals surface area contributed by atoms with Crippen LogP contribution < -0.4 is 10.0 Å². The van der Waals surface area contributed by atoms with Crippen LogP contribution in [-0.4, -0.2) is 34.5 Å². The molecule has 9 nitrogen and oxygen atoms in total. The minimum Gasteiger partial charge on any atom is -0.325 e. The maximum absolute atomic E-state index is 13.0. The van der Waals surface area contributed by atoms with Crippen molar-refractivity contribution >= 4 is 38.1 Å². The largest absolute Gasteiger partial charge is 0.325 e. The van der Waals surface area contributed by atoms with Crippen LogP contribution >= 0.6 is 11.3 Å². The molecule has 4 rings (SSSR count). The van der Waals surface area contributed by atoms with Crippen molar-refractivity contribution in [2.45, 2.75) is 37.4 Å². The van der Waals surface area contributed by atoms with Gasteiger partial charge in [0.2, 0.25) is 15.9 Å². The number of rotatable bonds is 7. The van der Waals surface area contributed by atoms with Gasteiger partial charge in [-0.1, -0.05) is 0 Å². The molecule has 0 unspecified atom stereocenters. The fourth-order valence-corrected chi connectivity index (χ4v) is 5.45. The van der Waals surface area contributed by atoms with E-state index in [2.05, 4.69) is 31.1 Å². The van der Waals surface area contributed by atoms with Crippen LogP contribution in [0, 0.1) is 11.3 Å². The van der Waals surface area contributed by atoms with Gasteiger partial charge < -0.3 is 5.32 Å². The molecule has 164 valence electrons. The van der Waals surface area contributed by atoms with Crippen LogP contribution in [-0.2, 0) is 20.2 Å². The molecule has 32 heavy (non-hydrogen) atoms. The van der Waals surface area contributed by atoms with Gasteiger partial charge >= 0.3 is 0 Å². The van der Waals surface area contributed by atoms with E-state index in [4.69, 9.17) is 0 Å². The second-order valence-corrected chi connectivity index (χ2v) is 10.7. The van der Waals surface area contributed by atoms with Crippen molar-refractivity contribution in [3.63, 3.8) is 0 Å². The van der Waals surface area contributed by atoms with Crippen LogP contribution in [0.4, 0.5) is 10.8 Å². The predicted octanol–water partition coefficient (Wildman–Crippen LogP) is 3.29. The summed E-state index contributed by atoms with van der Waals surface area (Å²) in [7, 11) is -3.42. The Morgan fingerprint density at radius 3 is 2.72 bits per heavy atom. The third kappa shape index (κ3) is 4.46. The molecule has 0 spiro atoms. The quantitative estimate of drug-likeness (QED) is 0.542. The number of carbonyl (C=O) groups excluding carboxylic acids is 1. The maximum atomic E-state index is 13.0. The monoisotopic (exact) mass is 468 g/mol. The van der Waals surface area contributed by atoms with Crippen molar-refractivity contribution in [1.82, 2.24) is 15.0 Å². The van der Waals surface area contributed by atoms with E-state index in [1.165, 1.54) is 0 Å². The van der Waals surface area contributed by atoms with Gasteiger partial charge in [0.1, 0.15) is 0 Å².